The van der Waals surface area contributed by atoms with E-state index in [4.69, 9.17) is 10.5 Å². The van der Waals surface area contributed by atoms with Crippen LogP contribution >= 0.6 is 0 Å². The Kier molecular flexibility index (Phi) is 6.05. The van der Waals surface area contributed by atoms with E-state index < -0.39 is 5.91 Å². The zero-order valence-electron chi connectivity index (χ0n) is 17.1. The van der Waals surface area contributed by atoms with E-state index in [2.05, 4.69) is 20.0 Å². The van der Waals surface area contributed by atoms with E-state index in [0.29, 0.717) is 13.2 Å². The number of rotatable bonds is 5. The lowest BCUT2D eigenvalue weighted by Crippen LogP contribution is -2.52. The van der Waals surface area contributed by atoms with Gasteiger partial charge in [-0.3, -0.25) is 14.3 Å². The first-order valence-electron chi connectivity index (χ1n) is 10.3. The maximum absolute atomic E-state index is 13.3. The molecule has 0 bridgehead atoms. The number of morpholine rings is 1. The molecular formula is C20H27N7O3. The van der Waals surface area contributed by atoms with Gasteiger partial charge in [0.25, 0.3) is 11.8 Å². The number of ether oxygens (including phenoxy) is 1. The molecule has 160 valence electrons. The van der Waals surface area contributed by atoms with Crippen molar-refractivity contribution < 1.29 is 14.3 Å². The number of likely N-dealkylation sites (tertiary alicyclic amines) is 1. The summed E-state index contributed by atoms with van der Waals surface area (Å²) in [4.78, 5) is 36.9. The second-order valence-corrected chi connectivity index (χ2v) is 7.81. The Morgan fingerprint density at radius 1 is 1.10 bits per heavy atom. The van der Waals surface area contributed by atoms with Gasteiger partial charge in [-0.2, -0.15) is 5.10 Å². The Morgan fingerprint density at radius 2 is 1.83 bits per heavy atom. The zero-order chi connectivity index (χ0) is 21.1. The number of piperidine rings is 1. The van der Waals surface area contributed by atoms with Gasteiger partial charge in [0, 0.05) is 31.9 Å². The highest BCUT2D eigenvalue weighted by Crippen LogP contribution is 2.31. The average Bonchev–Trinajstić information content (AvgIpc) is 3.19. The van der Waals surface area contributed by atoms with E-state index in [0.717, 1.165) is 25.2 Å². The van der Waals surface area contributed by atoms with Crippen molar-refractivity contribution in [2.45, 2.75) is 31.4 Å². The Bertz CT molecular complexity index is 892. The number of nitrogens with two attached hydrogens (primary N) is 1. The minimum atomic E-state index is -0.678. The van der Waals surface area contributed by atoms with Crippen LogP contribution in [0.2, 0.25) is 0 Å². The van der Waals surface area contributed by atoms with Gasteiger partial charge in [0.2, 0.25) is 0 Å². The van der Waals surface area contributed by atoms with Crippen LogP contribution in [0.3, 0.4) is 0 Å². The second-order valence-electron chi connectivity index (χ2n) is 7.81. The first kappa shape index (κ1) is 20.4. The van der Waals surface area contributed by atoms with E-state index in [9.17, 15) is 9.59 Å². The highest BCUT2D eigenvalue weighted by Gasteiger charge is 2.39. The van der Waals surface area contributed by atoms with Gasteiger partial charge in [-0.25, -0.2) is 9.97 Å². The molecule has 0 spiro atoms. The summed E-state index contributed by atoms with van der Waals surface area (Å²) >= 11 is 0. The fourth-order valence-corrected chi connectivity index (χ4v) is 4.21. The molecule has 2 fully saturated rings. The maximum Gasteiger partial charge on any atom is 0.274 e. The first-order chi connectivity index (χ1) is 14.5. The molecule has 2 atom stereocenters. The van der Waals surface area contributed by atoms with Crippen LogP contribution in [0, 0.1) is 0 Å². The van der Waals surface area contributed by atoms with Crippen LogP contribution in [0.1, 0.15) is 51.8 Å². The SMILES string of the molecule is Cn1cc([C@H]2[C@H](CN3CCCCC3)OCCN2C(=O)c2cnc(C(N)=O)cn2)cn1. The summed E-state index contributed by atoms with van der Waals surface area (Å²) in [5, 5.41) is 4.30. The fourth-order valence-electron chi connectivity index (χ4n) is 4.21. The van der Waals surface area contributed by atoms with Gasteiger partial charge in [-0.1, -0.05) is 6.42 Å². The largest absolute Gasteiger partial charge is 0.373 e. The molecule has 0 unspecified atom stereocenters. The number of aryl methyl sites for hydroxylation is 1. The minimum absolute atomic E-state index is 0.0281. The summed E-state index contributed by atoms with van der Waals surface area (Å²) in [5.74, 6) is -0.929. The maximum atomic E-state index is 13.3. The second kappa shape index (κ2) is 8.88. The summed E-state index contributed by atoms with van der Waals surface area (Å²) in [7, 11) is 1.85. The molecule has 30 heavy (non-hydrogen) atoms. The molecule has 2 aliphatic rings. The molecule has 0 radical (unpaired) electrons. The molecule has 10 heteroatoms. The van der Waals surface area contributed by atoms with Crippen LogP contribution in [0.5, 0.6) is 0 Å². The molecule has 4 heterocycles. The lowest BCUT2D eigenvalue weighted by molar-refractivity contribution is -0.0743. The third kappa shape index (κ3) is 4.34. The van der Waals surface area contributed by atoms with Crippen molar-refractivity contribution in [2.75, 3.05) is 32.8 Å². The third-order valence-electron chi connectivity index (χ3n) is 5.69. The van der Waals surface area contributed by atoms with E-state index in [1.54, 1.807) is 15.8 Å². The molecule has 2 amide bonds. The van der Waals surface area contributed by atoms with Gasteiger partial charge in [-0.05, 0) is 25.9 Å². The van der Waals surface area contributed by atoms with E-state index in [-0.39, 0.29) is 29.4 Å². The number of amides is 2. The summed E-state index contributed by atoms with van der Waals surface area (Å²) in [6.45, 7) is 3.75. The van der Waals surface area contributed by atoms with Crippen LogP contribution in [0.25, 0.3) is 0 Å². The van der Waals surface area contributed by atoms with Crippen LogP contribution in [-0.4, -0.2) is 80.3 Å². The molecular weight excluding hydrogens is 386 g/mol. The van der Waals surface area contributed by atoms with Crippen molar-refractivity contribution in [3.63, 3.8) is 0 Å². The van der Waals surface area contributed by atoms with Crippen LogP contribution in [0.15, 0.2) is 24.8 Å². The Balaban J connectivity index is 1.60. The predicted molar refractivity (Wildman–Crippen MR) is 108 cm³/mol. The van der Waals surface area contributed by atoms with E-state index >= 15 is 0 Å². The van der Waals surface area contributed by atoms with Crippen molar-refractivity contribution in [2.24, 2.45) is 12.8 Å². The molecule has 0 saturated carbocycles. The summed E-state index contributed by atoms with van der Waals surface area (Å²) in [6, 6.07) is -0.278. The normalized spacial score (nSPS) is 22.8. The standard InChI is InChI=1S/C20H27N7O3/c1-25-12-14(9-24-25)18-17(13-26-5-3-2-4-6-26)30-8-7-27(18)20(29)16-11-22-15(10-23-16)19(21)28/h9-12,17-18H,2-8,13H2,1H3,(H2,21,28)/t17-,18-/m0/s1. The molecule has 2 N–H and O–H groups in total. The molecule has 2 aromatic heterocycles. The molecule has 4 rings (SSSR count). The lowest BCUT2D eigenvalue weighted by atomic mass is 9.99. The minimum Gasteiger partial charge on any atom is -0.373 e. The monoisotopic (exact) mass is 413 g/mol. The molecule has 0 aromatic carbocycles. The van der Waals surface area contributed by atoms with E-state index in [1.807, 2.05) is 13.2 Å². The van der Waals surface area contributed by atoms with Gasteiger partial charge in [-0.15, -0.1) is 0 Å². The van der Waals surface area contributed by atoms with Crippen LogP contribution in [-0.2, 0) is 11.8 Å². The average molecular weight is 413 g/mol. The van der Waals surface area contributed by atoms with Crippen molar-refractivity contribution in [3.05, 3.63) is 41.7 Å². The summed E-state index contributed by atoms with van der Waals surface area (Å²) in [5.41, 5.74) is 6.35. The van der Waals surface area contributed by atoms with Gasteiger partial charge in [0.05, 0.1) is 37.3 Å². The molecule has 2 aromatic rings. The van der Waals surface area contributed by atoms with Gasteiger partial charge in [0.15, 0.2) is 0 Å². The number of hydrogen-bond donors (Lipinski definition) is 1. The molecule has 0 aliphatic carbocycles. The van der Waals surface area contributed by atoms with Crippen LogP contribution < -0.4 is 5.73 Å². The first-order valence-corrected chi connectivity index (χ1v) is 10.3. The number of nitrogens with zero attached hydrogens (tertiary/aromatic N) is 6. The van der Waals surface area contributed by atoms with Gasteiger partial charge >= 0.3 is 0 Å². The Hall–Kier alpha value is -2.85. The van der Waals surface area contributed by atoms with E-state index in [1.165, 1.54) is 31.7 Å². The predicted octanol–water partition coefficient (Wildman–Crippen LogP) is 0.377. The number of carbonyl (C=O) groups is 2. The highest BCUT2D eigenvalue weighted by atomic mass is 16.5. The molecule has 10 nitrogen and oxygen atoms in total. The van der Waals surface area contributed by atoms with Gasteiger partial charge < -0.3 is 20.3 Å². The van der Waals surface area contributed by atoms with Crippen LogP contribution in [0.4, 0.5) is 0 Å². The zero-order valence-corrected chi connectivity index (χ0v) is 17.1. The van der Waals surface area contributed by atoms with Crippen molar-refractivity contribution in [1.29, 1.82) is 0 Å². The molecule has 2 aliphatic heterocycles. The number of carbonyl (C=O) groups excluding carboxylic acids is 2. The summed E-state index contributed by atoms with van der Waals surface area (Å²) in [6.07, 6.45) is 9.72. The third-order valence-corrected chi connectivity index (χ3v) is 5.69. The quantitative estimate of drug-likeness (QED) is 0.752. The Morgan fingerprint density at radius 3 is 2.47 bits per heavy atom. The molecule has 2 saturated heterocycles. The number of primary amides is 1. The highest BCUT2D eigenvalue weighted by molar-refractivity contribution is 5.94. The Labute approximate surface area is 175 Å². The van der Waals surface area contributed by atoms with Crippen molar-refractivity contribution in [1.82, 2.24) is 29.5 Å². The van der Waals surface area contributed by atoms with Gasteiger partial charge in [0.1, 0.15) is 11.4 Å². The number of aromatic nitrogens is 4. The number of hydrogen-bond acceptors (Lipinski definition) is 7. The topological polar surface area (TPSA) is 119 Å². The summed E-state index contributed by atoms with van der Waals surface area (Å²) < 4.78 is 7.88. The fraction of sp³-hybridized carbons (Fsp3) is 0.550. The van der Waals surface area contributed by atoms with Crippen molar-refractivity contribution in [3.8, 4) is 0 Å². The lowest BCUT2D eigenvalue weighted by Gasteiger charge is -2.43. The van der Waals surface area contributed by atoms with Crippen molar-refractivity contribution >= 4 is 11.8 Å². The smallest absolute Gasteiger partial charge is 0.274 e.